The van der Waals surface area contributed by atoms with E-state index in [9.17, 15) is 4.79 Å². The molecule has 0 radical (unpaired) electrons. The predicted molar refractivity (Wildman–Crippen MR) is 122 cm³/mol. The van der Waals surface area contributed by atoms with Crippen molar-refractivity contribution in [3.63, 3.8) is 0 Å². The maximum absolute atomic E-state index is 12.0. The Labute approximate surface area is 179 Å². The lowest BCUT2D eigenvalue weighted by molar-refractivity contribution is -0.132. The van der Waals surface area contributed by atoms with E-state index in [0.717, 1.165) is 37.4 Å². The van der Waals surface area contributed by atoms with Crippen molar-refractivity contribution in [1.82, 2.24) is 9.88 Å². The third-order valence-corrected chi connectivity index (χ3v) is 7.05. The molecule has 1 amide bonds. The fourth-order valence-electron chi connectivity index (χ4n) is 5.24. The molecule has 154 valence electrons. The number of pyridine rings is 1. The zero-order chi connectivity index (χ0) is 20.5. The summed E-state index contributed by atoms with van der Waals surface area (Å²) in [6.45, 7) is 3.83. The van der Waals surface area contributed by atoms with Crippen LogP contribution in [0.4, 0.5) is 0 Å². The Bertz CT molecular complexity index is 1030. The first-order chi connectivity index (χ1) is 14.7. The van der Waals surface area contributed by atoms with Gasteiger partial charge in [0.15, 0.2) is 0 Å². The van der Waals surface area contributed by atoms with E-state index in [1.807, 2.05) is 19.2 Å². The third kappa shape index (κ3) is 3.86. The van der Waals surface area contributed by atoms with Gasteiger partial charge in [-0.15, -0.1) is 0 Å². The zero-order valence-electron chi connectivity index (χ0n) is 17.8. The molecule has 3 nitrogen and oxygen atoms in total. The second kappa shape index (κ2) is 8.22. The Hall–Kier alpha value is -2.68. The molecule has 1 aromatic heterocycles. The largest absolute Gasteiger partial charge is 0.343 e. The van der Waals surface area contributed by atoms with Crippen LogP contribution in [-0.2, 0) is 4.79 Å². The van der Waals surface area contributed by atoms with Crippen molar-refractivity contribution >= 4 is 16.8 Å². The van der Waals surface area contributed by atoms with Crippen LogP contribution in [0.15, 0.2) is 60.8 Å². The van der Waals surface area contributed by atoms with Crippen LogP contribution in [0.1, 0.15) is 50.5 Å². The number of aromatic nitrogens is 1. The SMILES string of the molecule is CCC(=O)N1CCC(C(c2ccc(-c3cnc4ccccc4c3)cc2)C2CC2)CC1. The molecule has 2 heterocycles. The number of para-hydroxylation sites is 1. The van der Waals surface area contributed by atoms with E-state index in [-0.39, 0.29) is 0 Å². The van der Waals surface area contributed by atoms with Crippen molar-refractivity contribution in [3.05, 3.63) is 66.4 Å². The molecule has 0 bridgehead atoms. The van der Waals surface area contributed by atoms with Gasteiger partial charge in [-0.05, 0) is 66.7 Å². The average molecular weight is 399 g/mol. The Morgan fingerprint density at radius 3 is 2.37 bits per heavy atom. The molecular formula is C27H30N2O. The van der Waals surface area contributed by atoms with Crippen LogP contribution < -0.4 is 0 Å². The molecule has 0 spiro atoms. The number of piperidine rings is 1. The highest BCUT2D eigenvalue weighted by Crippen LogP contribution is 2.49. The number of rotatable bonds is 5. The molecule has 30 heavy (non-hydrogen) atoms. The summed E-state index contributed by atoms with van der Waals surface area (Å²) < 4.78 is 0. The number of nitrogens with zero attached hydrogens (tertiary/aromatic N) is 2. The minimum Gasteiger partial charge on any atom is -0.343 e. The lowest BCUT2D eigenvalue weighted by Gasteiger charge is -2.36. The second-order valence-corrected chi connectivity index (χ2v) is 8.97. The van der Waals surface area contributed by atoms with E-state index < -0.39 is 0 Å². The summed E-state index contributed by atoms with van der Waals surface area (Å²) in [7, 11) is 0. The van der Waals surface area contributed by atoms with Crippen molar-refractivity contribution in [1.29, 1.82) is 0 Å². The molecule has 1 aliphatic heterocycles. The van der Waals surface area contributed by atoms with Gasteiger partial charge in [0, 0.05) is 36.7 Å². The molecule has 1 unspecified atom stereocenters. The number of benzene rings is 2. The van der Waals surface area contributed by atoms with Crippen molar-refractivity contribution in [2.75, 3.05) is 13.1 Å². The van der Waals surface area contributed by atoms with Crippen LogP contribution >= 0.6 is 0 Å². The van der Waals surface area contributed by atoms with Gasteiger partial charge in [-0.25, -0.2) is 0 Å². The lowest BCUT2D eigenvalue weighted by Crippen LogP contribution is -2.39. The first kappa shape index (κ1) is 19.3. The van der Waals surface area contributed by atoms with Gasteiger partial charge in [-0.2, -0.15) is 0 Å². The fraction of sp³-hybridized carbons (Fsp3) is 0.407. The van der Waals surface area contributed by atoms with E-state index in [0.29, 0.717) is 24.2 Å². The van der Waals surface area contributed by atoms with E-state index in [2.05, 4.69) is 58.4 Å². The number of fused-ring (bicyclic) bond motifs is 1. The molecule has 2 fully saturated rings. The van der Waals surface area contributed by atoms with Gasteiger partial charge in [-0.3, -0.25) is 9.78 Å². The predicted octanol–water partition coefficient (Wildman–Crippen LogP) is 6.04. The van der Waals surface area contributed by atoms with E-state index in [4.69, 9.17) is 0 Å². The quantitative estimate of drug-likeness (QED) is 0.525. The van der Waals surface area contributed by atoms with Crippen LogP contribution in [0.25, 0.3) is 22.0 Å². The minimum atomic E-state index is 0.310. The lowest BCUT2D eigenvalue weighted by atomic mass is 9.77. The van der Waals surface area contributed by atoms with Gasteiger partial charge in [0.25, 0.3) is 0 Å². The molecule has 1 saturated heterocycles. The van der Waals surface area contributed by atoms with Crippen molar-refractivity contribution < 1.29 is 4.79 Å². The molecule has 1 saturated carbocycles. The molecule has 5 rings (SSSR count). The summed E-state index contributed by atoms with van der Waals surface area (Å²) in [6.07, 6.45) is 7.61. The van der Waals surface area contributed by atoms with Gasteiger partial charge >= 0.3 is 0 Å². The van der Waals surface area contributed by atoms with E-state index >= 15 is 0 Å². The summed E-state index contributed by atoms with van der Waals surface area (Å²) >= 11 is 0. The molecule has 2 aromatic carbocycles. The number of hydrogen-bond acceptors (Lipinski definition) is 2. The topological polar surface area (TPSA) is 33.2 Å². The number of carbonyl (C=O) groups is 1. The standard InChI is InChI=1S/C27H30N2O/c1-2-26(30)29-15-13-22(14-16-29)27(21-11-12-21)20-9-7-19(8-10-20)24-17-23-5-3-4-6-25(23)28-18-24/h3-10,17-18,21-22,27H,2,11-16H2,1H3. The molecule has 1 atom stereocenters. The highest BCUT2D eigenvalue weighted by Gasteiger charge is 2.39. The minimum absolute atomic E-state index is 0.310. The summed E-state index contributed by atoms with van der Waals surface area (Å²) in [4.78, 5) is 18.7. The maximum atomic E-state index is 12.0. The normalized spacial score (nSPS) is 18.5. The van der Waals surface area contributed by atoms with Gasteiger partial charge < -0.3 is 4.90 Å². The maximum Gasteiger partial charge on any atom is 0.222 e. The van der Waals surface area contributed by atoms with Gasteiger partial charge in [0.05, 0.1) is 5.52 Å². The van der Waals surface area contributed by atoms with Crippen LogP contribution in [0.2, 0.25) is 0 Å². The highest BCUT2D eigenvalue weighted by molar-refractivity contribution is 5.83. The third-order valence-electron chi connectivity index (χ3n) is 7.05. The number of amides is 1. The Morgan fingerprint density at radius 2 is 1.67 bits per heavy atom. The zero-order valence-corrected chi connectivity index (χ0v) is 17.8. The highest BCUT2D eigenvalue weighted by atomic mass is 16.2. The Balaban J connectivity index is 1.34. The van der Waals surface area contributed by atoms with Crippen LogP contribution in [-0.4, -0.2) is 28.9 Å². The van der Waals surface area contributed by atoms with Crippen molar-refractivity contribution in [2.24, 2.45) is 11.8 Å². The summed E-state index contributed by atoms with van der Waals surface area (Å²) in [5.41, 5.74) is 4.93. The van der Waals surface area contributed by atoms with Crippen LogP contribution in [0.3, 0.4) is 0 Å². The van der Waals surface area contributed by atoms with Gasteiger partial charge in [-0.1, -0.05) is 49.4 Å². The first-order valence-corrected chi connectivity index (χ1v) is 11.5. The summed E-state index contributed by atoms with van der Waals surface area (Å²) in [6, 6.07) is 19.7. The Morgan fingerprint density at radius 1 is 0.967 bits per heavy atom. The van der Waals surface area contributed by atoms with Crippen molar-refractivity contribution in [3.8, 4) is 11.1 Å². The van der Waals surface area contributed by atoms with Crippen LogP contribution in [0, 0.1) is 11.8 Å². The molecule has 1 aliphatic carbocycles. The number of hydrogen-bond donors (Lipinski definition) is 0. The molecule has 3 aromatic rings. The average Bonchev–Trinajstić information content (AvgIpc) is 3.64. The summed E-state index contributed by atoms with van der Waals surface area (Å²) in [5.74, 6) is 2.49. The molecule has 3 heteroatoms. The number of carbonyl (C=O) groups excluding carboxylic acids is 1. The molecule has 2 aliphatic rings. The smallest absolute Gasteiger partial charge is 0.222 e. The van der Waals surface area contributed by atoms with Crippen molar-refractivity contribution in [2.45, 2.75) is 44.9 Å². The monoisotopic (exact) mass is 398 g/mol. The van der Waals surface area contributed by atoms with Crippen LogP contribution in [0.5, 0.6) is 0 Å². The van der Waals surface area contributed by atoms with E-state index in [1.165, 1.54) is 34.9 Å². The molecular weight excluding hydrogens is 368 g/mol. The Kier molecular flexibility index (Phi) is 5.28. The number of likely N-dealkylation sites (tertiary alicyclic amines) is 1. The first-order valence-electron chi connectivity index (χ1n) is 11.5. The summed E-state index contributed by atoms with van der Waals surface area (Å²) in [5, 5.41) is 1.18. The molecule has 0 N–H and O–H groups in total. The fourth-order valence-corrected chi connectivity index (χ4v) is 5.24. The van der Waals surface area contributed by atoms with E-state index in [1.54, 1.807) is 0 Å². The second-order valence-electron chi connectivity index (χ2n) is 8.97. The van der Waals surface area contributed by atoms with Gasteiger partial charge in [0.1, 0.15) is 0 Å². The van der Waals surface area contributed by atoms with Gasteiger partial charge in [0.2, 0.25) is 5.91 Å².